The van der Waals surface area contributed by atoms with Crippen LogP contribution in [-0.2, 0) is 9.59 Å². The van der Waals surface area contributed by atoms with Crippen LogP contribution in [0.1, 0.15) is 64.7 Å². The van der Waals surface area contributed by atoms with Gasteiger partial charge >= 0.3 is 0 Å². The van der Waals surface area contributed by atoms with Gasteiger partial charge in [-0.05, 0) is 44.8 Å². The number of hydrogen-bond donors (Lipinski definition) is 4. The first-order chi connectivity index (χ1) is 11.0. The molecule has 0 aromatic rings. The first kappa shape index (κ1) is 19.7. The molecule has 2 amide bonds. The maximum atomic E-state index is 11.7. The highest BCUT2D eigenvalue weighted by atomic mass is 32.1. The number of primary amides is 1. The van der Waals surface area contributed by atoms with Crippen molar-refractivity contribution in [2.24, 2.45) is 5.73 Å². The van der Waals surface area contributed by atoms with E-state index in [-0.39, 0.29) is 11.8 Å². The van der Waals surface area contributed by atoms with Crippen molar-refractivity contribution in [3.05, 3.63) is 0 Å². The van der Waals surface area contributed by atoms with Crippen molar-refractivity contribution in [2.45, 2.75) is 76.8 Å². The molecule has 0 aromatic heterocycles. The lowest BCUT2D eigenvalue weighted by atomic mass is 10.0. The number of rotatable bonds is 12. The molecule has 5 N–H and O–H groups in total. The zero-order valence-electron chi connectivity index (χ0n) is 14.0. The second kappa shape index (κ2) is 11.2. The monoisotopic (exact) mass is 342 g/mol. The Morgan fingerprint density at radius 2 is 1.78 bits per heavy atom. The van der Waals surface area contributed by atoms with E-state index < -0.39 is 0 Å². The lowest BCUT2D eigenvalue weighted by molar-refractivity contribution is -0.121. The van der Waals surface area contributed by atoms with Crippen LogP contribution in [0.5, 0.6) is 0 Å². The van der Waals surface area contributed by atoms with Crippen molar-refractivity contribution >= 4 is 29.1 Å². The van der Waals surface area contributed by atoms with Crippen LogP contribution in [0.25, 0.3) is 0 Å². The van der Waals surface area contributed by atoms with E-state index >= 15 is 0 Å². The predicted molar refractivity (Wildman–Crippen MR) is 95.9 cm³/mol. The van der Waals surface area contributed by atoms with Gasteiger partial charge in [-0.15, -0.1) is 0 Å². The number of amides is 2. The van der Waals surface area contributed by atoms with Gasteiger partial charge in [0.1, 0.15) is 0 Å². The summed E-state index contributed by atoms with van der Waals surface area (Å²) in [5.41, 5.74) is 5.07. The van der Waals surface area contributed by atoms with Crippen molar-refractivity contribution < 1.29 is 9.59 Å². The van der Waals surface area contributed by atoms with Gasteiger partial charge in [-0.25, -0.2) is 0 Å². The third-order valence-electron chi connectivity index (χ3n) is 4.12. The summed E-state index contributed by atoms with van der Waals surface area (Å²) in [4.78, 5) is 22.2. The van der Waals surface area contributed by atoms with Crippen LogP contribution in [0.15, 0.2) is 0 Å². The molecule has 1 fully saturated rings. The topological polar surface area (TPSA) is 96.2 Å². The molecule has 23 heavy (non-hydrogen) atoms. The summed E-state index contributed by atoms with van der Waals surface area (Å²) in [6, 6.07) is 0.803. The maximum Gasteiger partial charge on any atom is 0.219 e. The number of carbonyl (C=O) groups is 2. The zero-order valence-corrected chi connectivity index (χ0v) is 14.8. The minimum absolute atomic E-state index is 0.120. The lowest BCUT2D eigenvalue weighted by Crippen LogP contribution is -2.30. The molecule has 2 atom stereocenters. The Labute approximate surface area is 144 Å². The van der Waals surface area contributed by atoms with Gasteiger partial charge in [0.15, 0.2) is 5.11 Å². The molecule has 0 aromatic carbocycles. The standard InChI is InChI=1S/C16H30N4O2S/c1-12-13(20-16(23)19-12)8-4-2-6-10-15(22)18-11-7-3-5-9-14(17)21/h12-13H,2-11H2,1H3,(H2,17,21)(H,18,22)(H2,19,20,23)/t12-,13+/m0/s1. The molecule has 6 nitrogen and oxygen atoms in total. The Hall–Kier alpha value is -1.37. The van der Waals surface area contributed by atoms with E-state index in [2.05, 4.69) is 22.9 Å². The minimum atomic E-state index is -0.256. The first-order valence-electron chi connectivity index (χ1n) is 8.61. The van der Waals surface area contributed by atoms with Gasteiger partial charge in [-0.2, -0.15) is 0 Å². The van der Waals surface area contributed by atoms with Crippen LogP contribution in [0.4, 0.5) is 0 Å². The van der Waals surface area contributed by atoms with Crippen LogP contribution in [0.3, 0.4) is 0 Å². The van der Waals surface area contributed by atoms with E-state index in [1.54, 1.807) is 0 Å². The second-order valence-electron chi connectivity index (χ2n) is 6.24. The molecule has 0 radical (unpaired) electrons. The van der Waals surface area contributed by atoms with Gasteiger partial charge < -0.3 is 21.7 Å². The highest BCUT2D eigenvalue weighted by Crippen LogP contribution is 2.11. The molecular weight excluding hydrogens is 312 g/mol. The fourth-order valence-electron chi connectivity index (χ4n) is 2.71. The van der Waals surface area contributed by atoms with Crippen molar-refractivity contribution in [2.75, 3.05) is 6.54 Å². The summed E-state index contributed by atoms with van der Waals surface area (Å²) in [6.45, 7) is 2.82. The predicted octanol–water partition coefficient (Wildman–Crippen LogP) is 1.33. The van der Waals surface area contributed by atoms with Gasteiger partial charge in [0, 0.05) is 31.5 Å². The largest absolute Gasteiger partial charge is 0.370 e. The van der Waals surface area contributed by atoms with Gasteiger partial charge in [0.2, 0.25) is 11.8 Å². The van der Waals surface area contributed by atoms with Crippen LogP contribution in [0.2, 0.25) is 0 Å². The first-order valence-corrected chi connectivity index (χ1v) is 9.02. The Balaban J connectivity index is 1.90. The van der Waals surface area contributed by atoms with Crippen molar-refractivity contribution in [3.63, 3.8) is 0 Å². The number of nitrogens with one attached hydrogen (secondary N) is 3. The molecule has 0 spiro atoms. The van der Waals surface area contributed by atoms with E-state index in [0.717, 1.165) is 50.1 Å². The molecule has 132 valence electrons. The Kier molecular flexibility index (Phi) is 9.59. The van der Waals surface area contributed by atoms with E-state index in [9.17, 15) is 9.59 Å². The number of carbonyl (C=O) groups excluding carboxylic acids is 2. The molecule has 0 saturated carbocycles. The average molecular weight is 343 g/mol. The summed E-state index contributed by atoms with van der Waals surface area (Å²) in [7, 11) is 0. The third-order valence-corrected chi connectivity index (χ3v) is 4.36. The molecule has 1 rings (SSSR count). The van der Waals surface area contributed by atoms with Crippen LogP contribution < -0.4 is 21.7 Å². The quantitative estimate of drug-likeness (QED) is 0.317. The number of nitrogens with two attached hydrogens (primary N) is 1. The number of hydrogen-bond acceptors (Lipinski definition) is 3. The van der Waals surface area contributed by atoms with Gasteiger partial charge in [0.25, 0.3) is 0 Å². The van der Waals surface area contributed by atoms with E-state index in [0.29, 0.717) is 31.5 Å². The zero-order chi connectivity index (χ0) is 17.1. The van der Waals surface area contributed by atoms with E-state index in [1.807, 2.05) is 0 Å². The molecule has 0 aliphatic carbocycles. The van der Waals surface area contributed by atoms with Crippen molar-refractivity contribution in [1.29, 1.82) is 0 Å². The Morgan fingerprint density at radius 3 is 2.43 bits per heavy atom. The second-order valence-corrected chi connectivity index (χ2v) is 6.65. The lowest BCUT2D eigenvalue weighted by Gasteiger charge is -2.13. The SMILES string of the molecule is C[C@@H]1NC(=S)N[C@@H]1CCCCCC(=O)NCCCCCC(N)=O. The molecule has 7 heteroatoms. The summed E-state index contributed by atoms with van der Waals surface area (Å²) < 4.78 is 0. The van der Waals surface area contributed by atoms with Gasteiger partial charge in [-0.1, -0.05) is 19.3 Å². The fourth-order valence-corrected chi connectivity index (χ4v) is 3.05. The van der Waals surface area contributed by atoms with Crippen LogP contribution >= 0.6 is 12.2 Å². The summed E-state index contributed by atoms with van der Waals surface area (Å²) in [5, 5.41) is 10.1. The Bertz CT molecular complexity index is 404. The van der Waals surface area contributed by atoms with Gasteiger partial charge in [-0.3, -0.25) is 9.59 Å². The average Bonchev–Trinajstić information content (AvgIpc) is 2.80. The smallest absolute Gasteiger partial charge is 0.219 e. The molecule has 1 saturated heterocycles. The summed E-state index contributed by atoms with van der Waals surface area (Å²) >= 11 is 5.09. The van der Waals surface area contributed by atoms with Crippen molar-refractivity contribution in [3.8, 4) is 0 Å². The molecule has 1 aliphatic rings. The fraction of sp³-hybridized carbons (Fsp3) is 0.812. The number of thiocarbonyl (C=S) groups is 1. The van der Waals surface area contributed by atoms with E-state index in [4.69, 9.17) is 18.0 Å². The van der Waals surface area contributed by atoms with Crippen LogP contribution in [-0.4, -0.2) is 35.6 Å². The van der Waals surface area contributed by atoms with Crippen LogP contribution in [0, 0.1) is 0 Å². The van der Waals surface area contributed by atoms with Gasteiger partial charge in [0.05, 0.1) is 0 Å². The molecule has 1 aliphatic heterocycles. The third kappa shape index (κ3) is 9.38. The summed E-state index contributed by atoms with van der Waals surface area (Å²) in [5.74, 6) is -0.135. The molecule has 1 heterocycles. The minimum Gasteiger partial charge on any atom is -0.370 e. The number of unbranched alkanes of at least 4 members (excludes halogenated alkanes) is 4. The normalized spacial score (nSPS) is 20.0. The van der Waals surface area contributed by atoms with Crippen molar-refractivity contribution in [1.82, 2.24) is 16.0 Å². The molecule has 0 unspecified atom stereocenters. The highest BCUT2D eigenvalue weighted by Gasteiger charge is 2.24. The Morgan fingerprint density at radius 1 is 1.09 bits per heavy atom. The molecule has 0 bridgehead atoms. The maximum absolute atomic E-state index is 11.7. The van der Waals surface area contributed by atoms with E-state index in [1.165, 1.54) is 0 Å². The highest BCUT2D eigenvalue weighted by molar-refractivity contribution is 7.80. The summed E-state index contributed by atoms with van der Waals surface area (Å²) in [6.07, 6.45) is 7.81. The molecular formula is C16H30N4O2S.